The first-order valence-corrected chi connectivity index (χ1v) is 7.32. The van der Waals surface area contributed by atoms with Crippen molar-refractivity contribution in [3.8, 4) is 0 Å². The van der Waals surface area contributed by atoms with Crippen molar-refractivity contribution in [2.45, 2.75) is 19.3 Å². The highest BCUT2D eigenvalue weighted by molar-refractivity contribution is 5.94. The molecular weight excluding hydrogens is 252 g/mol. The van der Waals surface area contributed by atoms with Crippen molar-refractivity contribution in [1.82, 2.24) is 4.90 Å². The lowest BCUT2D eigenvalue weighted by atomic mass is 9.97. The summed E-state index contributed by atoms with van der Waals surface area (Å²) in [7, 11) is 1.74. The highest BCUT2D eigenvalue weighted by Gasteiger charge is 2.23. The molecule has 1 aliphatic rings. The molecule has 1 amide bonds. The SMILES string of the molecule is COCC1CCN(C(=O)c2cccc(CCN)c2)CC1. The fourth-order valence-electron chi connectivity index (χ4n) is 2.75. The minimum atomic E-state index is 0.139. The topological polar surface area (TPSA) is 55.6 Å². The standard InChI is InChI=1S/C16H24N2O2/c1-20-12-14-6-9-18(10-7-14)16(19)15-4-2-3-13(11-15)5-8-17/h2-4,11,14H,5-10,12,17H2,1H3. The number of piperidine rings is 1. The molecule has 1 aromatic rings. The summed E-state index contributed by atoms with van der Waals surface area (Å²) in [4.78, 5) is 14.4. The molecule has 110 valence electrons. The average Bonchev–Trinajstić information content (AvgIpc) is 2.48. The van der Waals surface area contributed by atoms with Crippen LogP contribution in [0.3, 0.4) is 0 Å². The van der Waals surface area contributed by atoms with E-state index in [4.69, 9.17) is 10.5 Å². The van der Waals surface area contributed by atoms with Crippen LogP contribution in [0, 0.1) is 5.92 Å². The molecule has 0 aliphatic carbocycles. The lowest BCUT2D eigenvalue weighted by Crippen LogP contribution is -2.39. The number of hydrogen-bond donors (Lipinski definition) is 1. The molecule has 1 fully saturated rings. The van der Waals surface area contributed by atoms with E-state index < -0.39 is 0 Å². The number of likely N-dealkylation sites (tertiary alicyclic amines) is 1. The van der Waals surface area contributed by atoms with Gasteiger partial charge in [0.15, 0.2) is 0 Å². The second-order valence-corrected chi connectivity index (χ2v) is 5.43. The van der Waals surface area contributed by atoms with Crippen LogP contribution < -0.4 is 5.73 Å². The van der Waals surface area contributed by atoms with E-state index in [9.17, 15) is 4.79 Å². The Kier molecular flexibility index (Phi) is 5.56. The second-order valence-electron chi connectivity index (χ2n) is 5.43. The van der Waals surface area contributed by atoms with Gasteiger partial charge in [0, 0.05) is 32.4 Å². The van der Waals surface area contributed by atoms with Crippen LogP contribution in [0.4, 0.5) is 0 Å². The fraction of sp³-hybridized carbons (Fsp3) is 0.562. The number of rotatable bonds is 5. The maximum absolute atomic E-state index is 12.5. The number of methoxy groups -OCH3 is 1. The summed E-state index contributed by atoms with van der Waals surface area (Å²) in [5.74, 6) is 0.729. The van der Waals surface area contributed by atoms with E-state index in [1.165, 1.54) is 0 Å². The van der Waals surface area contributed by atoms with Crippen molar-refractivity contribution >= 4 is 5.91 Å². The molecule has 0 unspecified atom stereocenters. The number of nitrogens with zero attached hydrogens (tertiary/aromatic N) is 1. The number of carbonyl (C=O) groups excluding carboxylic acids is 1. The first-order chi connectivity index (χ1) is 9.74. The van der Waals surface area contributed by atoms with Gasteiger partial charge in [0.1, 0.15) is 0 Å². The van der Waals surface area contributed by atoms with Crippen LogP contribution in [-0.4, -0.2) is 44.2 Å². The molecule has 1 heterocycles. The number of benzene rings is 1. The summed E-state index contributed by atoms with van der Waals surface area (Å²) < 4.78 is 5.19. The minimum Gasteiger partial charge on any atom is -0.384 e. The molecule has 0 atom stereocenters. The molecule has 1 aliphatic heterocycles. The molecule has 0 saturated carbocycles. The van der Waals surface area contributed by atoms with Crippen LogP contribution in [0.5, 0.6) is 0 Å². The van der Waals surface area contributed by atoms with Gasteiger partial charge in [0.05, 0.1) is 0 Å². The van der Waals surface area contributed by atoms with Crippen molar-refractivity contribution in [1.29, 1.82) is 0 Å². The molecule has 1 saturated heterocycles. The van der Waals surface area contributed by atoms with Crippen molar-refractivity contribution in [2.24, 2.45) is 11.7 Å². The van der Waals surface area contributed by atoms with E-state index in [0.717, 1.165) is 50.1 Å². The first kappa shape index (κ1) is 15.0. The molecule has 0 aromatic heterocycles. The zero-order valence-corrected chi connectivity index (χ0v) is 12.2. The normalized spacial score (nSPS) is 16.4. The molecule has 4 heteroatoms. The Morgan fingerprint density at radius 2 is 2.15 bits per heavy atom. The van der Waals surface area contributed by atoms with Crippen LogP contribution in [0.25, 0.3) is 0 Å². The Morgan fingerprint density at radius 1 is 1.40 bits per heavy atom. The van der Waals surface area contributed by atoms with Gasteiger partial charge in [-0.15, -0.1) is 0 Å². The highest BCUT2D eigenvalue weighted by atomic mass is 16.5. The van der Waals surface area contributed by atoms with Gasteiger partial charge in [0.2, 0.25) is 0 Å². The molecule has 2 N–H and O–H groups in total. The van der Waals surface area contributed by atoms with E-state index in [0.29, 0.717) is 12.5 Å². The lowest BCUT2D eigenvalue weighted by molar-refractivity contribution is 0.0613. The Balaban J connectivity index is 1.96. The molecule has 2 rings (SSSR count). The molecule has 0 radical (unpaired) electrons. The minimum absolute atomic E-state index is 0.139. The smallest absolute Gasteiger partial charge is 0.253 e. The van der Waals surface area contributed by atoms with Crippen LogP contribution in [-0.2, 0) is 11.2 Å². The molecule has 0 bridgehead atoms. The number of amides is 1. The zero-order valence-electron chi connectivity index (χ0n) is 12.2. The molecule has 4 nitrogen and oxygen atoms in total. The zero-order chi connectivity index (χ0) is 14.4. The third-order valence-corrected chi connectivity index (χ3v) is 3.91. The van der Waals surface area contributed by atoms with Crippen molar-refractivity contribution in [3.63, 3.8) is 0 Å². The summed E-state index contributed by atoms with van der Waals surface area (Å²) in [6.07, 6.45) is 2.88. The number of carbonyl (C=O) groups is 1. The summed E-state index contributed by atoms with van der Waals surface area (Å²) in [5.41, 5.74) is 7.48. The van der Waals surface area contributed by atoms with E-state index in [-0.39, 0.29) is 5.91 Å². The number of hydrogen-bond acceptors (Lipinski definition) is 3. The van der Waals surface area contributed by atoms with Gasteiger partial charge in [-0.05, 0) is 49.4 Å². The van der Waals surface area contributed by atoms with Gasteiger partial charge in [-0.3, -0.25) is 4.79 Å². The Morgan fingerprint density at radius 3 is 2.80 bits per heavy atom. The van der Waals surface area contributed by atoms with E-state index >= 15 is 0 Å². The third-order valence-electron chi connectivity index (χ3n) is 3.91. The van der Waals surface area contributed by atoms with Crippen LogP contribution >= 0.6 is 0 Å². The lowest BCUT2D eigenvalue weighted by Gasteiger charge is -2.31. The monoisotopic (exact) mass is 276 g/mol. The average molecular weight is 276 g/mol. The van der Waals surface area contributed by atoms with E-state index in [1.807, 2.05) is 29.2 Å². The summed E-state index contributed by atoms with van der Waals surface area (Å²) in [6.45, 7) is 3.07. The van der Waals surface area contributed by atoms with Crippen molar-refractivity contribution < 1.29 is 9.53 Å². The van der Waals surface area contributed by atoms with Gasteiger partial charge >= 0.3 is 0 Å². The second kappa shape index (κ2) is 7.41. The Hall–Kier alpha value is -1.39. The van der Waals surface area contributed by atoms with Gasteiger partial charge in [0.25, 0.3) is 5.91 Å². The van der Waals surface area contributed by atoms with E-state index in [1.54, 1.807) is 7.11 Å². The maximum Gasteiger partial charge on any atom is 0.253 e. The predicted octanol–water partition coefficient (Wildman–Crippen LogP) is 1.69. The molecule has 0 spiro atoms. The summed E-state index contributed by atoms with van der Waals surface area (Å²) in [6, 6.07) is 7.82. The molecule has 20 heavy (non-hydrogen) atoms. The first-order valence-electron chi connectivity index (χ1n) is 7.32. The van der Waals surface area contributed by atoms with Crippen molar-refractivity contribution in [3.05, 3.63) is 35.4 Å². The Bertz CT molecular complexity index is 440. The van der Waals surface area contributed by atoms with Gasteiger partial charge < -0.3 is 15.4 Å². The summed E-state index contributed by atoms with van der Waals surface area (Å²) >= 11 is 0. The fourth-order valence-corrected chi connectivity index (χ4v) is 2.75. The van der Waals surface area contributed by atoms with Gasteiger partial charge in [-0.2, -0.15) is 0 Å². The van der Waals surface area contributed by atoms with Crippen molar-refractivity contribution in [2.75, 3.05) is 33.4 Å². The third kappa shape index (κ3) is 3.81. The predicted molar refractivity (Wildman–Crippen MR) is 79.7 cm³/mol. The Labute approximate surface area is 120 Å². The van der Waals surface area contributed by atoms with Gasteiger partial charge in [-0.25, -0.2) is 0 Å². The number of ether oxygens (including phenoxy) is 1. The largest absolute Gasteiger partial charge is 0.384 e. The molecular formula is C16H24N2O2. The van der Waals surface area contributed by atoms with Gasteiger partial charge in [-0.1, -0.05) is 12.1 Å². The number of nitrogens with two attached hydrogens (primary N) is 1. The van der Waals surface area contributed by atoms with Crippen LogP contribution in [0.15, 0.2) is 24.3 Å². The van der Waals surface area contributed by atoms with E-state index in [2.05, 4.69) is 0 Å². The maximum atomic E-state index is 12.5. The highest BCUT2D eigenvalue weighted by Crippen LogP contribution is 2.19. The quantitative estimate of drug-likeness (QED) is 0.890. The molecule has 1 aromatic carbocycles. The van der Waals surface area contributed by atoms with Crippen LogP contribution in [0.2, 0.25) is 0 Å². The van der Waals surface area contributed by atoms with Crippen LogP contribution in [0.1, 0.15) is 28.8 Å². The summed E-state index contributed by atoms with van der Waals surface area (Å²) in [5, 5.41) is 0.